The average molecular weight is 111 g/mol. The molecule has 0 aromatic rings. The van der Waals surface area contributed by atoms with Crippen LogP contribution in [0.15, 0.2) is 0 Å². The average Bonchev–Trinajstić information content (AvgIpc) is 1.62. The normalized spacial score (nSPS) is 10.2. The van der Waals surface area contributed by atoms with Gasteiger partial charge in [0, 0.05) is 5.41 Å². The highest BCUT2D eigenvalue weighted by Gasteiger charge is 2.19. The van der Waals surface area contributed by atoms with Gasteiger partial charge < -0.3 is 0 Å². The zero-order valence-electron chi connectivity index (χ0n) is 5.36. The maximum Gasteiger partial charge on any atom is 0.237 e. The van der Waals surface area contributed by atoms with Crippen molar-refractivity contribution in [2.24, 2.45) is 5.41 Å². The van der Waals surface area contributed by atoms with Crippen molar-refractivity contribution in [3.63, 3.8) is 0 Å². The van der Waals surface area contributed by atoms with E-state index < -0.39 is 5.41 Å². The Bertz CT molecular complexity index is 136. The first kappa shape index (κ1) is 7.16. The summed E-state index contributed by atoms with van der Waals surface area (Å²) in [4.78, 5) is 10.5. The van der Waals surface area contributed by atoms with Gasteiger partial charge in [0.2, 0.25) is 5.78 Å². The summed E-state index contributed by atoms with van der Waals surface area (Å²) in [5.74, 6) is -0.363. The fraction of sp³-hybridized carbons (Fsp3) is 0.667. The van der Waals surface area contributed by atoms with E-state index in [2.05, 4.69) is 0 Å². The van der Waals surface area contributed by atoms with E-state index in [9.17, 15) is 4.79 Å². The van der Waals surface area contributed by atoms with Crippen molar-refractivity contribution < 1.29 is 4.79 Å². The number of nitrogens with zero attached hydrogens (tertiary/aromatic N) is 1. The second kappa shape index (κ2) is 1.95. The van der Waals surface area contributed by atoms with E-state index in [1.54, 1.807) is 26.8 Å². The maximum atomic E-state index is 10.5. The minimum absolute atomic E-state index is 0.363. The van der Waals surface area contributed by atoms with Gasteiger partial charge in [0.15, 0.2) is 0 Å². The number of carbonyl (C=O) groups is 1. The van der Waals surface area contributed by atoms with Crippen LogP contribution in [-0.4, -0.2) is 5.78 Å². The molecule has 44 valence electrons. The predicted molar refractivity (Wildman–Crippen MR) is 30.1 cm³/mol. The lowest BCUT2D eigenvalue weighted by Gasteiger charge is -2.08. The zero-order chi connectivity index (χ0) is 6.78. The molecule has 8 heavy (non-hydrogen) atoms. The summed E-state index contributed by atoms with van der Waals surface area (Å²) in [5.41, 5.74) is -0.491. The standard InChI is InChI=1S/C6H9NO/c1-6(2,3)5(8)4-7/h1-3H3. The lowest BCUT2D eigenvalue weighted by atomic mass is 9.92. The lowest BCUT2D eigenvalue weighted by Crippen LogP contribution is -2.17. The summed E-state index contributed by atoms with van der Waals surface area (Å²) >= 11 is 0. The highest BCUT2D eigenvalue weighted by molar-refractivity contribution is 5.97. The summed E-state index contributed by atoms with van der Waals surface area (Å²) in [6.07, 6.45) is 0. The van der Waals surface area contributed by atoms with E-state index in [1.807, 2.05) is 0 Å². The number of ketones is 1. The Kier molecular flexibility index (Phi) is 1.75. The molecule has 2 nitrogen and oxygen atoms in total. The second-order valence-electron chi connectivity index (χ2n) is 2.69. The van der Waals surface area contributed by atoms with Crippen LogP contribution in [0.2, 0.25) is 0 Å². The second-order valence-corrected chi connectivity index (χ2v) is 2.69. The Morgan fingerprint density at radius 3 is 1.88 bits per heavy atom. The van der Waals surface area contributed by atoms with Crippen molar-refractivity contribution in [2.45, 2.75) is 20.8 Å². The first-order chi connectivity index (χ1) is 3.48. The molecule has 0 saturated heterocycles. The van der Waals surface area contributed by atoms with Crippen molar-refractivity contribution in [3.8, 4) is 6.07 Å². The van der Waals surface area contributed by atoms with E-state index in [0.717, 1.165) is 0 Å². The Morgan fingerprint density at radius 2 is 1.88 bits per heavy atom. The fourth-order valence-corrected chi connectivity index (χ4v) is 0.168. The number of hydrogen-bond acceptors (Lipinski definition) is 2. The van der Waals surface area contributed by atoms with E-state index in [-0.39, 0.29) is 5.78 Å². The molecular formula is C6H9NO. The van der Waals surface area contributed by atoms with Crippen LogP contribution in [0.25, 0.3) is 0 Å². The number of nitriles is 1. The Hall–Kier alpha value is -0.840. The van der Waals surface area contributed by atoms with Crippen LogP contribution in [0.5, 0.6) is 0 Å². The van der Waals surface area contributed by atoms with Crippen molar-refractivity contribution in [2.75, 3.05) is 0 Å². The smallest absolute Gasteiger partial charge is 0.237 e. The van der Waals surface area contributed by atoms with Gasteiger partial charge in [-0.1, -0.05) is 20.8 Å². The van der Waals surface area contributed by atoms with Gasteiger partial charge in [-0.15, -0.1) is 0 Å². The number of hydrogen-bond donors (Lipinski definition) is 0. The highest BCUT2D eigenvalue weighted by Crippen LogP contribution is 2.12. The number of rotatable bonds is 0. The minimum atomic E-state index is -0.491. The topological polar surface area (TPSA) is 40.9 Å². The molecule has 0 heterocycles. The van der Waals surface area contributed by atoms with E-state index in [0.29, 0.717) is 0 Å². The quantitative estimate of drug-likeness (QED) is 0.439. The third-order valence-electron chi connectivity index (χ3n) is 0.783. The molecule has 0 radical (unpaired) electrons. The van der Waals surface area contributed by atoms with Gasteiger partial charge in [-0.3, -0.25) is 4.79 Å². The molecule has 0 rings (SSSR count). The molecule has 0 amide bonds. The molecule has 0 aromatic heterocycles. The molecule has 0 N–H and O–H groups in total. The molecule has 0 aromatic carbocycles. The van der Waals surface area contributed by atoms with Crippen LogP contribution >= 0.6 is 0 Å². The highest BCUT2D eigenvalue weighted by atomic mass is 16.1. The summed E-state index contributed by atoms with van der Waals surface area (Å²) < 4.78 is 0. The first-order valence-corrected chi connectivity index (χ1v) is 2.43. The Balaban J connectivity index is 4.09. The summed E-state index contributed by atoms with van der Waals surface area (Å²) in [7, 11) is 0. The minimum Gasteiger partial charge on any atom is -0.282 e. The van der Waals surface area contributed by atoms with Gasteiger partial charge in [-0.25, -0.2) is 0 Å². The van der Waals surface area contributed by atoms with Gasteiger partial charge in [-0.05, 0) is 0 Å². The number of carbonyl (C=O) groups excluding carboxylic acids is 1. The molecule has 0 unspecified atom stereocenters. The zero-order valence-corrected chi connectivity index (χ0v) is 5.36. The molecule has 0 atom stereocenters. The van der Waals surface area contributed by atoms with E-state index in [1.165, 1.54) is 0 Å². The van der Waals surface area contributed by atoms with Gasteiger partial charge in [-0.2, -0.15) is 5.26 Å². The Morgan fingerprint density at radius 1 is 1.50 bits per heavy atom. The maximum absolute atomic E-state index is 10.5. The van der Waals surface area contributed by atoms with Crippen LogP contribution in [0, 0.1) is 16.7 Å². The molecular weight excluding hydrogens is 102 g/mol. The van der Waals surface area contributed by atoms with Crippen LogP contribution in [0.3, 0.4) is 0 Å². The SMILES string of the molecule is CC(C)(C)C(=O)C#N. The number of Topliss-reactive ketones (excluding diaryl/α,β-unsaturated/α-hetero) is 1. The fourth-order valence-electron chi connectivity index (χ4n) is 0.168. The summed E-state index contributed by atoms with van der Waals surface area (Å²) in [6, 6.07) is 1.57. The summed E-state index contributed by atoms with van der Waals surface area (Å²) in [6.45, 7) is 5.16. The van der Waals surface area contributed by atoms with Gasteiger partial charge in [0.05, 0.1) is 0 Å². The lowest BCUT2D eigenvalue weighted by molar-refractivity contribution is -0.120. The van der Waals surface area contributed by atoms with Crippen molar-refractivity contribution in [1.29, 1.82) is 5.26 Å². The first-order valence-electron chi connectivity index (χ1n) is 2.43. The monoisotopic (exact) mass is 111 g/mol. The van der Waals surface area contributed by atoms with Gasteiger partial charge in [0.25, 0.3) is 0 Å². The predicted octanol–water partition coefficient (Wildman–Crippen LogP) is 1.13. The molecule has 2 heteroatoms. The third kappa shape index (κ3) is 1.74. The van der Waals surface area contributed by atoms with Crippen LogP contribution in [0.4, 0.5) is 0 Å². The molecule has 0 fully saturated rings. The van der Waals surface area contributed by atoms with Gasteiger partial charge >= 0.3 is 0 Å². The van der Waals surface area contributed by atoms with Crippen molar-refractivity contribution >= 4 is 5.78 Å². The summed E-state index contributed by atoms with van der Waals surface area (Å²) in [5, 5.41) is 8.07. The third-order valence-corrected chi connectivity index (χ3v) is 0.783. The molecule has 0 spiro atoms. The largest absolute Gasteiger partial charge is 0.282 e. The van der Waals surface area contributed by atoms with Crippen LogP contribution in [-0.2, 0) is 4.79 Å². The van der Waals surface area contributed by atoms with Gasteiger partial charge in [0.1, 0.15) is 6.07 Å². The van der Waals surface area contributed by atoms with E-state index in [4.69, 9.17) is 5.26 Å². The molecule has 0 aliphatic rings. The Labute approximate surface area is 49.1 Å². The van der Waals surface area contributed by atoms with Crippen molar-refractivity contribution in [3.05, 3.63) is 0 Å². The van der Waals surface area contributed by atoms with E-state index >= 15 is 0 Å². The van der Waals surface area contributed by atoms with Crippen LogP contribution < -0.4 is 0 Å². The molecule has 0 bridgehead atoms. The molecule has 0 aliphatic carbocycles. The molecule has 0 saturated carbocycles. The van der Waals surface area contributed by atoms with Crippen molar-refractivity contribution in [1.82, 2.24) is 0 Å². The van der Waals surface area contributed by atoms with Crippen LogP contribution in [0.1, 0.15) is 20.8 Å². The molecule has 0 aliphatic heterocycles.